The third-order valence-electron chi connectivity index (χ3n) is 3.32. The number of carbonyl (C=O) groups excluding carboxylic acids is 1. The van der Waals surface area contributed by atoms with Crippen molar-refractivity contribution in [3.63, 3.8) is 0 Å². The molecule has 0 unspecified atom stereocenters. The van der Waals surface area contributed by atoms with E-state index < -0.39 is 6.09 Å². The highest BCUT2D eigenvalue weighted by atomic mass is 16.5. The highest BCUT2D eigenvalue weighted by molar-refractivity contribution is 5.90. The van der Waals surface area contributed by atoms with Gasteiger partial charge in [-0.1, -0.05) is 30.3 Å². The van der Waals surface area contributed by atoms with Gasteiger partial charge in [-0.3, -0.25) is 9.72 Å². The lowest BCUT2D eigenvalue weighted by Crippen LogP contribution is -2.15. The monoisotopic (exact) mass is 295 g/mol. The van der Waals surface area contributed by atoms with Gasteiger partial charge in [0.05, 0.1) is 6.61 Å². The summed E-state index contributed by atoms with van der Waals surface area (Å²) < 4.78 is 6.84. The first kappa shape index (κ1) is 14.1. The molecule has 3 rings (SSSR count). The van der Waals surface area contributed by atoms with Gasteiger partial charge in [0.25, 0.3) is 0 Å². The van der Waals surface area contributed by atoms with Gasteiger partial charge in [-0.15, -0.1) is 0 Å². The maximum atomic E-state index is 11.8. The molecule has 0 atom stereocenters. The van der Waals surface area contributed by atoms with E-state index in [1.54, 1.807) is 6.92 Å². The highest BCUT2D eigenvalue weighted by Gasteiger charge is 2.16. The number of nitrogens with one attached hydrogen (secondary N) is 1. The molecule has 112 valence electrons. The average Bonchev–Trinajstić information content (AvgIpc) is 2.86. The second-order valence-electron chi connectivity index (χ2n) is 4.95. The molecule has 0 spiro atoms. The number of nitrogens with zero attached hydrogens (tertiary/aromatic N) is 2. The number of anilines is 1. The number of benzene rings is 1. The summed E-state index contributed by atoms with van der Waals surface area (Å²) in [6.45, 7) is 4.10. The zero-order valence-electron chi connectivity index (χ0n) is 12.5. The molecule has 22 heavy (non-hydrogen) atoms. The van der Waals surface area contributed by atoms with Crippen molar-refractivity contribution >= 4 is 17.6 Å². The number of hydrogen-bond acceptors (Lipinski definition) is 3. The fourth-order valence-corrected chi connectivity index (χ4v) is 2.33. The van der Waals surface area contributed by atoms with Gasteiger partial charge in [-0.2, -0.15) is 0 Å². The molecule has 0 aliphatic rings. The number of aromatic nitrogens is 2. The van der Waals surface area contributed by atoms with Crippen molar-refractivity contribution in [1.29, 1.82) is 0 Å². The number of fused-ring (bicyclic) bond motifs is 1. The van der Waals surface area contributed by atoms with Crippen molar-refractivity contribution in [1.82, 2.24) is 9.38 Å². The summed E-state index contributed by atoms with van der Waals surface area (Å²) in [5, 5.41) is 2.79. The van der Waals surface area contributed by atoms with E-state index in [1.165, 1.54) is 0 Å². The largest absolute Gasteiger partial charge is 0.450 e. The maximum Gasteiger partial charge on any atom is 0.412 e. The lowest BCUT2D eigenvalue weighted by atomic mass is 10.1. The Morgan fingerprint density at radius 1 is 1.27 bits per heavy atom. The predicted octanol–water partition coefficient (Wildman–Crippen LogP) is 3.88. The molecule has 0 bridgehead atoms. The Bertz CT molecular complexity index is 809. The quantitative estimate of drug-likeness (QED) is 0.797. The molecule has 5 heteroatoms. The predicted molar refractivity (Wildman–Crippen MR) is 86.0 cm³/mol. The number of pyridine rings is 1. The van der Waals surface area contributed by atoms with Gasteiger partial charge in [0.1, 0.15) is 17.2 Å². The first-order chi connectivity index (χ1) is 10.7. The first-order valence-electron chi connectivity index (χ1n) is 7.17. The Morgan fingerprint density at radius 2 is 2.05 bits per heavy atom. The summed E-state index contributed by atoms with van der Waals surface area (Å²) in [5.41, 5.74) is 3.56. The van der Waals surface area contributed by atoms with Gasteiger partial charge in [0.15, 0.2) is 0 Å². The van der Waals surface area contributed by atoms with Crippen LogP contribution in [0.2, 0.25) is 0 Å². The van der Waals surface area contributed by atoms with E-state index >= 15 is 0 Å². The van der Waals surface area contributed by atoms with Gasteiger partial charge < -0.3 is 4.74 Å². The summed E-state index contributed by atoms with van der Waals surface area (Å²) in [6, 6.07) is 13.7. The summed E-state index contributed by atoms with van der Waals surface area (Å²) in [4.78, 5) is 16.5. The fourth-order valence-electron chi connectivity index (χ4n) is 2.33. The maximum absolute atomic E-state index is 11.8. The van der Waals surface area contributed by atoms with Crippen molar-refractivity contribution < 1.29 is 9.53 Å². The molecule has 0 radical (unpaired) electrons. The van der Waals surface area contributed by atoms with E-state index in [0.29, 0.717) is 12.4 Å². The Morgan fingerprint density at radius 3 is 2.77 bits per heavy atom. The number of amides is 1. The summed E-state index contributed by atoms with van der Waals surface area (Å²) >= 11 is 0. The number of hydrogen-bond donors (Lipinski definition) is 1. The van der Waals surface area contributed by atoms with Crippen LogP contribution in [0.1, 0.15) is 12.5 Å². The van der Waals surface area contributed by atoms with Crippen LogP contribution in [-0.2, 0) is 4.74 Å². The van der Waals surface area contributed by atoms with Crippen LogP contribution in [0, 0.1) is 6.92 Å². The zero-order chi connectivity index (χ0) is 15.5. The van der Waals surface area contributed by atoms with Crippen LogP contribution in [0.4, 0.5) is 10.6 Å². The highest BCUT2D eigenvalue weighted by Crippen LogP contribution is 2.29. The topological polar surface area (TPSA) is 55.6 Å². The van der Waals surface area contributed by atoms with Crippen LogP contribution < -0.4 is 5.32 Å². The third-order valence-corrected chi connectivity index (χ3v) is 3.32. The molecular formula is C17H17N3O2. The van der Waals surface area contributed by atoms with E-state index in [4.69, 9.17) is 4.74 Å². The van der Waals surface area contributed by atoms with E-state index in [1.807, 2.05) is 60.0 Å². The molecule has 1 N–H and O–H groups in total. The second kappa shape index (κ2) is 5.89. The SMILES string of the molecule is CCOC(=O)Nc1c(-c2ccccc2)nc2cc(C)ccn12. The van der Waals surface area contributed by atoms with Gasteiger partial charge >= 0.3 is 6.09 Å². The Labute approximate surface area is 128 Å². The average molecular weight is 295 g/mol. The molecular weight excluding hydrogens is 278 g/mol. The lowest BCUT2D eigenvalue weighted by Gasteiger charge is -2.07. The van der Waals surface area contributed by atoms with Crippen molar-refractivity contribution in [3.05, 3.63) is 54.2 Å². The van der Waals surface area contributed by atoms with Crippen LogP contribution in [0.3, 0.4) is 0 Å². The van der Waals surface area contributed by atoms with E-state index in [9.17, 15) is 4.79 Å². The van der Waals surface area contributed by atoms with Crippen LogP contribution in [0.5, 0.6) is 0 Å². The minimum absolute atomic E-state index is 0.322. The smallest absolute Gasteiger partial charge is 0.412 e. The van der Waals surface area contributed by atoms with Gasteiger partial charge in [-0.25, -0.2) is 9.78 Å². The lowest BCUT2D eigenvalue weighted by molar-refractivity contribution is 0.168. The normalized spacial score (nSPS) is 10.6. The first-order valence-corrected chi connectivity index (χ1v) is 7.17. The molecule has 1 aromatic carbocycles. The molecule has 2 heterocycles. The number of imidazole rings is 1. The van der Waals surface area contributed by atoms with Gasteiger partial charge in [0, 0.05) is 11.8 Å². The molecule has 1 amide bonds. The van der Waals surface area contributed by atoms with Crippen molar-refractivity contribution in [2.45, 2.75) is 13.8 Å². The molecule has 0 aliphatic heterocycles. The standard InChI is InChI=1S/C17H17N3O2/c1-3-22-17(21)19-16-15(13-7-5-4-6-8-13)18-14-11-12(2)9-10-20(14)16/h4-11H,3H2,1-2H3,(H,19,21). The number of rotatable bonds is 3. The van der Waals surface area contributed by atoms with Crippen molar-refractivity contribution in [3.8, 4) is 11.3 Å². The third kappa shape index (κ3) is 2.65. The summed E-state index contributed by atoms with van der Waals surface area (Å²) in [7, 11) is 0. The minimum Gasteiger partial charge on any atom is -0.450 e. The van der Waals surface area contributed by atoms with Gasteiger partial charge in [0.2, 0.25) is 0 Å². The van der Waals surface area contributed by atoms with E-state index in [-0.39, 0.29) is 0 Å². The van der Waals surface area contributed by atoms with Gasteiger partial charge in [-0.05, 0) is 31.5 Å². The van der Waals surface area contributed by atoms with Crippen molar-refractivity contribution in [2.24, 2.45) is 0 Å². The molecule has 0 saturated carbocycles. The molecule has 2 aromatic heterocycles. The van der Waals surface area contributed by atoms with Crippen LogP contribution in [0.15, 0.2) is 48.7 Å². The minimum atomic E-state index is -0.484. The number of aryl methyl sites for hydroxylation is 1. The molecule has 0 saturated heterocycles. The Hall–Kier alpha value is -2.82. The fraction of sp³-hybridized carbons (Fsp3) is 0.176. The Balaban J connectivity index is 2.15. The molecule has 0 fully saturated rings. The number of ether oxygens (including phenoxy) is 1. The zero-order valence-corrected chi connectivity index (χ0v) is 12.5. The summed E-state index contributed by atoms with van der Waals surface area (Å²) in [5.74, 6) is 0.611. The van der Waals surface area contributed by atoms with Crippen molar-refractivity contribution in [2.75, 3.05) is 11.9 Å². The molecule has 3 aromatic rings. The van der Waals surface area contributed by atoms with E-state index in [2.05, 4.69) is 10.3 Å². The molecule has 5 nitrogen and oxygen atoms in total. The second-order valence-corrected chi connectivity index (χ2v) is 4.95. The Kier molecular flexibility index (Phi) is 3.78. The summed E-state index contributed by atoms with van der Waals surface area (Å²) in [6.07, 6.45) is 1.41. The van der Waals surface area contributed by atoms with Crippen LogP contribution >= 0.6 is 0 Å². The molecule has 0 aliphatic carbocycles. The van der Waals surface area contributed by atoms with Crippen LogP contribution in [-0.4, -0.2) is 22.1 Å². The number of carbonyl (C=O) groups is 1. The van der Waals surface area contributed by atoms with E-state index in [0.717, 1.165) is 22.5 Å². The van der Waals surface area contributed by atoms with Crippen LogP contribution in [0.25, 0.3) is 16.9 Å².